The summed E-state index contributed by atoms with van der Waals surface area (Å²) >= 11 is 0. The fourth-order valence-corrected chi connectivity index (χ4v) is 1.69. The number of hydrogen-bond acceptors (Lipinski definition) is 4. The molecule has 1 saturated heterocycles. The Kier molecular flexibility index (Phi) is 5.69. The summed E-state index contributed by atoms with van der Waals surface area (Å²) in [6.07, 6.45) is 0. The van der Waals surface area contributed by atoms with Crippen LogP contribution in [0.4, 0.5) is 0 Å². The van der Waals surface area contributed by atoms with Gasteiger partial charge in [-0.25, -0.2) is 0 Å². The molecular formula is C12H25NO3. The Hall–Kier alpha value is -0.160. The Morgan fingerprint density at radius 1 is 1.38 bits per heavy atom. The molecule has 0 aromatic rings. The first-order valence-corrected chi connectivity index (χ1v) is 5.97. The summed E-state index contributed by atoms with van der Waals surface area (Å²) in [6, 6.07) is 0.364. The Bertz CT molecular complexity index is 191. The van der Waals surface area contributed by atoms with Crippen molar-refractivity contribution >= 4 is 0 Å². The van der Waals surface area contributed by atoms with E-state index in [0.29, 0.717) is 6.04 Å². The van der Waals surface area contributed by atoms with Crippen molar-refractivity contribution in [1.29, 1.82) is 0 Å². The second-order valence-electron chi connectivity index (χ2n) is 5.18. The minimum atomic E-state index is -0.0790. The molecule has 1 fully saturated rings. The summed E-state index contributed by atoms with van der Waals surface area (Å²) in [5.74, 6) is 0. The van der Waals surface area contributed by atoms with Crippen molar-refractivity contribution < 1.29 is 14.2 Å². The topological polar surface area (TPSA) is 30.9 Å². The van der Waals surface area contributed by atoms with E-state index in [1.807, 2.05) is 0 Å². The zero-order chi connectivity index (χ0) is 12.0. The molecule has 4 heteroatoms. The normalized spacial score (nSPS) is 23.6. The third-order valence-electron chi connectivity index (χ3n) is 2.64. The van der Waals surface area contributed by atoms with Crippen LogP contribution in [0.25, 0.3) is 0 Å². The molecule has 0 spiro atoms. The molecule has 0 N–H and O–H groups in total. The molecular weight excluding hydrogens is 206 g/mol. The highest BCUT2D eigenvalue weighted by Crippen LogP contribution is 2.12. The number of rotatable bonds is 5. The van der Waals surface area contributed by atoms with Crippen LogP contribution in [-0.4, -0.2) is 63.2 Å². The molecule has 1 atom stereocenters. The smallest absolute Gasteiger partial charge is 0.0651 e. The Balaban J connectivity index is 2.34. The van der Waals surface area contributed by atoms with E-state index in [1.165, 1.54) is 0 Å². The van der Waals surface area contributed by atoms with Crippen molar-refractivity contribution in [2.45, 2.75) is 32.4 Å². The lowest BCUT2D eigenvalue weighted by atomic mass is 10.2. The van der Waals surface area contributed by atoms with Crippen LogP contribution in [0.2, 0.25) is 0 Å². The first-order chi connectivity index (χ1) is 7.53. The number of morpholine rings is 1. The van der Waals surface area contributed by atoms with E-state index in [1.54, 1.807) is 7.11 Å². The average molecular weight is 231 g/mol. The van der Waals surface area contributed by atoms with Crippen LogP contribution in [0.15, 0.2) is 0 Å². The summed E-state index contributed by atoms with van der Waals surface area (Å²) in [5, 5.41) is 0. The van der Waals surface area contributed by atoms with Crippen LogP contribution in [0.3, 0.4) is 0 Å². The van der Waals surface area contributed by atoms with Gasteiger partial charge in [-0.05, 0) is 20.8 Å². The van der Waals surface area contributed by atoms with Crippen molar-refractivity contribution in [3.63, 3.8) is 0 Å². The highest BCUT2D eigenvalue weighted by atomic mass is 16.5. The molecule has 0 saturated carbocycles. The van der Waals surface area contributed by atoms with Crippen molar-refractivity contribution in [2.24, 2.45) is 0 Å². The van der Waals surface area contributed by atoms with Crippen LogP contribution in [0, 0.1) is 0 Å². The molecule has 1 aliphatic heterocycles. The van der Waals surface area contributed by atoms with E-state index >= 15 is 0 Å². The van der Waals surface area contributed by atoms with Gasteiger partial charge >= 0.3 is 0 Å². The SMILES string of the molecule is COCCN1CCOCC1COC(C)(C)C. The molecule has 0 bridgehead atoms. The molecule has 16 heavy (non-hydrogen) atoms. The van der Waals surface area contributed by atoms with Crippen molar-refractivity contribution in [2.75, 3.05) is 46.6 Å². The Labute approximate surface area is 98.8 Å². The Morgan fingerprint density at radius 2 is 2.12 bits per heavy atom. The van der Waals surface area contributed by atoms with Gasteiger partial charge in [0, 0.05) is 20.2 Å². The lowest BCUT2D eigenvalue weighted by molar-refractivity contribution is -0.0832. The molecule has 4 nitrogen and oxygen atoms in total. The van der Waals surface area contributed by atoms with Crippen molar-refractivity contribution in [3.8, 4) is 0 Å². The minimum Gasteiger partial charge on any atom is -0.383 e. The standard InChI is InChI=1S/C12H25NO3/c1-12(2,3)16-10-11-9-15-8-6-13(11)5-7-14-4/h11H,5-10H2,1-4H3. The molecule has 1 heterocycles. The van der Waals surface area contributed by atoms with Gasteiger partial charge in [0.05, 0.1) is 38.1 Å². The molecule has 1 rings (SSSR count). The number of methoxy groups -OCH3 is 1. The van der Waals surface area contributed by atoms with Gasteiger partial charge in [-0.15, -0.1) is 0 Å². The van der Waals surface area contributed by atoms with Gasteiger partial charge in [-0.3, -0.25) is 4.90 Å². The maximum Gasteiger partial charge on any atom is 0.0651 e. The lowest BCUT2D eigenvalue weighted by Crippen LogP contribution is -2.49. The van der Waals surface area contributed by atoms with Crippen LogP contribution < -0.4 is 0 Å². The number of hydrogen-bond donors (Lipinski definition) is 0. The summed E-state index contributed by atoms with van der Waals surface area (Å²) in [7, 11) is 1.74. The summed E-state index contributed by atoms with van der Waals surface area (Å²) < 4.78 is 16.4. The van der Waals surface area contributed by atoms with Gasteiger partial charge in [-0.2, -0.15) is 0 Å². The molecule has 0 aliphatic carbocycles. The van der Waals surface area contributed by atoms with Crippen LogP contribution in [0.1, 0.15) is 20.8 Å². The van der Waals surface area contributed by atoms with E-state index in [4.69, 9.17) is 14.2 Å². The maximum atomic E-state index is 5.82. The van der Waals surface area contributed by atoms with Crippen LogP contribution >= 0.6 is 0 Å². The molecule has 0 radical (unpaired) electrons. The molecule has 0 aromatic heterocycles. The van der Waals surface area contributed by atoms with Gasteiger partial charge in [0.2, 0.25) is 0 Å². The third-order valence-corrected chi connectivity index (χ3v) is 2.64. The zero-order valence-corrected chi connectivity index (χ0v) is 11.0. The molecule has 0 amide bonds. The van der Waals surface area contributed by atoms with E-state index in [0.717, 1.165) is 39.5 Å². The second kappa shape index (κ2) is 6.55. The predicted octanol–water partition coefficient (Wildman–Crippen LogP) is 1.15. The largest absolute Gasteiger partial charge is 0.383 e. The van der Waals surface area contributed by atoms with E-state index in [9.17, 15) is 0 Å². The third kappa shape index (κ3) is 5.25. The molecule has 0 aromatic carbocycles. The second-order valence-corrected chi connectivity index (χ2v) is 5.18. The van der Waals surface area contributed by atoms with E-state index < -0.39 is 0 Å². The minimum absolute atomic E-state index is 0.0790. The summed E-state index contributed by atoms with van der Waals surface area (Å²) in [5.41, 5.74) is -0.0790. The predicted molar refractivity (Wildman–Crippen MR) is 63.8 cm³/mol. The molecule has 96 valence electrons. The van der Waals surface area contributed by atoms with Gasteiger partial charge in [-0.1, -0.05) is 0 Å². The fraction of sp³-hybridized carbons (Fsp3) is 1.00. The monoisotopic (exact) mass is 231 g/mol. The van der Waals surface area contributed by atoms with E-state index in [2.05, 4.69) is 25.7 Å². The quantitative estimate of drug-likeness (QED) is 0.710. The summed E-state index contributed by atoms with van der Waals surface area (Å²) in [6.45, 7) is 11.2. The summed E-state index contributed by atoms with van der Waals surface area (Å²) in [4.78, 5) is 2.39. The van der Waals surface area contributed by atoms with Gasteiger partial charge in [0.1, 0.15) is 0 Å². The number of nitrogens with zero attached hydrogens (tertiary/aromatic N) is 1. The Morgan fingerprint density at radius 3 is 2.75 bits per heavy atom. The zero-order valence-electron chi connectivity index (χ0n) is 11.0. The highest BCUT2D eigenvalue weighted by Gasteiger charge is 2.24. The van der Waals surface area contributed by atoms with Crippen molar-refractivity contribution in [3.05, 3.63) is 0 Å². The van der Waals surface area contributed by atoms with Crippen molar-refractivity contribution in [1.82, 2.24) is 4.90 Å². The number of ether oxygens (including phenoxy) is 3. The fourth-order valence-electron chi connectivity index (χ4n) is 1.69. The van der Waals surface area contributed by atoms with E-state index in [-0.39, 0.29) is 5.60 Å². The first kappa shape index (κ1) is 13.9. The lowest BCUT2D eigenvalue weighted by Gasteiger charge is -2.36. The van der Waals surface area contributed by atoms with Crippen LogP contribution in [-0.2, 0) is 14.2 Å². The molecule has 1 unspecified atom stereocenters. The average Bonchev–Trinajstić information content (AvgIpc) is 2.23. The van der Waals surface area contributed by atoms with Gasteiger partial charge in [0.15, 0.2) is 0 Å². The van der Waals surface area contributed by atoms with Crippen LogP contribution in [0.5, 0.6) is 0 Å². The first-order valence-electron chi connectivity index (χ1n) is 5.97. The highest BCUT2D eigenvalue weighted by molar-refractivity contribution is 4.76. The molecule has 1 aliphatic rings. The van der Waals surface area contributed by atoms with Gasteiger partial charge < -0.3 is 14.2 Å². The maximum absolute atomic E-state index is 5.82. The van der Waals surface area contributed by atoms with Gasteiger partial charge in [0.25, 0.3) is 0 Å².